The van der Waals surface area contributed by atoms with Crippen LogP contribution in [-0.2, 0) is 28.7 Å². The number of benzene rings is 2. The van der Waals surface area contributed by atoms with E-state index in [2.05, 4.69) is 58.6 Å². The van der Waals surface area contributed by atoms with Crippen molar-refractivity contribution in [2.45, 2.75) is 38.6 Å². The van der Waals surface area contributed by atoms with Crippen molar-refractivity contribution in [3.8, 4) is 0 Å². The van der Waals surface area contributed by atoms with Gasteiger partial charge in [0.05, 0.1) is 6.42 Å². The van der Waals surface area contributed by atoms with Gasteiger partial charge >= 0.3 is 11.9 Å². The Morgan fingerprint density at radius 2 is 1.48 bits per heavy atom. The average Bonchev–Trinajstić information content (AvgIpc) is 2.71. The topological polar surface area (TPSA) is 153 Å². The number of nitrogens with one attached hydrogen (secondary N) is 1. The first kappa shape index (κ1) is 25.3. The van der Waals surface area contributed by atoms with Crippen molar-refractivity contribution in [1.29, 1.82) is 0 Å². The quantitative estimate of drug-likeness (QED) is 0.484. The SMILES string of the molecule is CC(=O)OCC(=O)C(CC(=O)O)NC(=O)CCCC(N)=O.c1ccc2ccccc2c1. The number of hydrogen-bond acceptors (Lipinski definition) is 6. The van der Waals surface area contributed by atoms with Gasteiger partial charge in [0.25, 0.3) is 0 Å². The van der Waals surface area contributed by atoms with E-state index in [1.54, 1.807) is 0 Å². The molecule has 0 saturated carbocycles. The van der Waals surface area contributed by atoms with Crippen LogP contribution in [0.3, 0.4) is 0 Å². The van der Waals surface area contributed by atoms with Gasteiger partial charge in [-0.2, -0.15) is 0 Å². The first-order chi connectivity index (χ1) is 14.7. The first-order valence-electron chi connectivity index (χ1n) is 9.58. The Labute approximate surface area is 179 Å². The number of amides is 2. The van der Waals surface area contributed by atoms with E-state index in [9.17, 15) is 24.0 Å². The number of Topliss-reactive ketones (excluding diaryl/α,β-unsaturated/α-hetero) is 1. The van der Waals surface area contributed by atoms with Crippen LogP contribution in [0.15, 0.2) is 48.5 Å². The average molecular weight is 430 g/mol. The Balaban J connectivity index is 0.000000391. The third-order valence-corrected chi connectivity index (χ3v) is 4.01. The van der Waals surface area contributed by atoms with Gasteiger partial charge < -0.3 is 20.9 Å². The number of rotatable bonds is 10. The number of ether oxygens (including phenoxy) is 1. The van der Waals surface area contributed by atoms with E-state index in [4.69, 9.17) is 10.8 Å². The van der Waals surface area contributed by atoms with Crippen molar-refractivity contribution in [2.24, 2.45) is 5.73 Å². The third-order valence-electron chi connectivity index (χ3n) is 4.01. The van der Waals surface area contributed by atoms with Gasteiger partial charge in [-0.1, -0.05) is 48.5 Å². The largest absolute Gasteiger partial charge is 0.481 e. The maximum atomic E-state index is 11.7. The molecule has 4 N–H and O–H groups in total. The van der Waals surface area contributed by atoms with Gasteiger partial charge in [-0.3, -0.25) is 24.0 Å². The van der Waals surface area contributed by atoms with E-state index in [1.807, 2.05) is 0 Å². The molecule has 0 aromatic heterocycles. The van der Waals surface area contributed by atoms with Crippen LogP contribution in [0.2, 0.25) is 0 Å². The normalized spacial score (nSPS) is 10.9. The van der Waals surface area contributed by atoms with Gasteiger partial charge in [-0.25, -0.2) is 0 Å². The summed E-state index contributed by atoms with van der Waals surface area (Å²) in [6.07, 6.45) is -0.487. The number of aliphatic carboxylic acids is 1. The fourth-order valence-electron chi connectivity index (χ4n) is 2.52. The molecule has 166 valence electrons. The molecular weight excluding hydrogens is 404 g/mol. The van der Waals surface area contributed by atoms with Gasteiger partial charge in [-0.05, 0) is 17.2 Å². The molecule has 0 fully saturated rings. The number of nitrogens with two attached hydrogens (primary N) is 1. The molecule has 9 nitrogen and oxygen atoms in total. The van der Waals surface area contributed by atoms with E-state index in [-0.39, 0.29) is 19.3 Å². The lowest BCUT2D eigenvalue weighted by molar-refractivity contribution is -0.147. The molecule has 2 aromatic rings. The number of carboxylic acids is 1. The van der Waals surface area contributed by atoms with Gasteiger partial charge in [-0.15, -0.1) is 0 Å². The van der Waals surface area contributed by atoms with Crippen LogP contribution in [0.5, 0.6) is 0 Å². The summed E-state index contributed by atoms with van der Waals surface area (Å²) < 4.78 is 4.47. The highest BCUT2D eigenvalue weighted by Gasteiger charge is 2.24. The Kier molecular flexibility index (Phi) is 11.0. The monoisotopic (exact) mass is 430 g/mol. The van der Waals surface area contributed by atoms with Crippen LogP contribution in [-0.4, -0.2) is 47.3 Å². The molecule has 0 bridgehead atoms. The van der Waals surface area contributed by atoms with Crippen LogP contribution < -0.4 is 11.1 Å². The fourth-order valence-corrected chi connectivity index (χ4v) is 2.52. The predicted octanol–water partition coefficient (Wildman–Crippen LogP) is 1.57. The smallest absolute Gasteiger partial charge is 0.305 e. The summed E-state index contributed by atoms with van der Waals surface area (Å²) in [6.45, 7) is 0.483. The molecule has 0 radical (unpaired) electrons. The maximum absolute atomic E-state index is 11.7. The predicted molar refractivity (Wildman–Crippen MR) is 113 cm³/mol. The van der Waals surface area contributed by atoms with Crippen molar-refractivity contribution in [1.82, 2.24) is 5.32 Å². The standard InChI is InChI=1S/C12H18N2O7.C10H8/c1-7(15)21-6-9(16)8(5-12(19)20)14-11(18)4-2-3-10(13)17;1-2-6-10-8-4-3-7-9(10)5-1/h8H,2-6H2,1H3,(H2,13,17)(H,14,18)(H,19,20);1-8H. The molecule has 1 atom stereocenters. The Bertz CT molecular complexity index is 861. The summed E-state index contributed by atoms with van der Waals surface area (Å²) in [5, 5.41) is 13.6. The molecular formula is C22H26N2O7. The molecule has 0 aliphatic rings. The van der Waals surface area contributed by atoms with Crippen molar-refractivity contribution in [2.75, 3.05) is 6.61 Å². The summed E-state index contributed by atoms with van der Waals surface area (Å²) >= 11 is 0. The minimum atomic E-state index is -1.29. The number of carbonyl (C=O) groups is 5. The third kappa shape index (κ3) is 11.1. The van der Waals surface area contributed by atoms with Crippen LogP contribution in [0.1, 0.15) is 32.6 Å². The lowest BCUT2D eigenvalue weighted by Crippen LogP contribution is -2.44. The highest BCUT2D eigenvalue weighted by molar-refractivity contribution is 5.93. The Hall–Kier alpha value is -3.75. The number of ketones is 1. The zero-order chi connectivity index (χ0) is 23.2. The zero-order valence-electron chi connectivity index (χ0n) is 17.2. The molecule has 2 aromatic carbocycles. The number of primary amides is 1. The zero-order valence-corrected chi connectivity index (χ0v) is 17.2. The molecule has 0 saturated heterocycles. The maximum Gasteiger partial charge on any atom is 0.305 e. The van der Waals surface area contributed by atoms with E-state index >= 15 is 0 Å². The molecule has 31 heavy (non-hydrogen) atoms. The minimum Gasteiger partial charge on any atom is -0.481 e. The van der Waals surface area contributed by atoms with Gasteiger partial charge in [0.1, 0.15) is 6.04 Å². The molecule has 0 aliphatic heterocycles. The second-order valence-electron chi connectivity index (χ2n) is 6.63. The molecule has 2 rings (SSSR count). The second-order valence-corrected chi connectivity index (χ2v) is 6.63. The van der Waals surface area contributed by atoms with Crippen LogP contribution in [0.4, 0.5) is 0 Å². The Morgan fingerprint density at radius 3 is 1.90 bits per heavy atom. The lowest BCUT2D eigenvalue weighted by atomic mass is 10.1. The van der Waals surface area contributed by atoms with E-state index in [1.165, 1.54) is 10.8 Å². The second kappa shape index (κ2) is 13.5. The van der Waals surface area contributed by atoms with Gasteiger partial charge in [0, 0.05) is 19.8 Å². The summed E-state index contributed by atoms with van der Waals surface area (Å²) in [6, 6.07) is 15.4. The summed E-state index contributed by atoms with van der Waals surface area (Å²) in [5.41, 5.74) is 4.91. The number of carboxylic acid groups (broad SMARTS) is 1. The molecule has 2 amide bonds. The molecule has 9 heteroatoms. The van der Waals surface area contributed by atoms with Crippen molar-refractivity contribution < 1.29 is 33.8 Å². The number of carbonyl (C=O) groups excluding carboxylic acids is 4. The van der Waals surface area contributed by atoms with Crippen molar-refractivity contribution in [3.63, 3.8) is 0 Å². The van der Waals surface area contributed by atoms with E-state index < -0.39 is 48.6 Å². The van der Waals surface area contributed by atoms with Crippen LogP contribution in [0, 0.1) is 0 Å². The van der Waals surface area contributed by atoms with Crippen molar-refractivity contribution in [3.05, 3.63) is 48.5 Å². The molecule has 0 heterocycles. The number of esters is 1. The van der Waals surface area contributed by atoms with E-state index in [0.29, 0.717) is 0 Å². The molecule has 0 aliphatic carbocycles. The minimum absolute atomic E-state index is 0.0123. The van der Waals surface area contributed by atoms with Gasteiger partial charge in [0.15, 0.2) is 12.4 Å². The summed E-state index contributed by atoms with van der Waals surface area (Å²) in [5.74, 6) is -3.84. The molecule has 0 spiro atoms. The van der Waals surface area contributed by atoms with Gasteiger partial charge in [0.2, 0.25) is 11.8 Å². The van der Waals surface area contributed by atoms with Crippen LogP contribution in [0.25, 0.3) is 10.8 Å². The van der Waals surface area contributed by atoms with Crippen LogP contribution >= 0.6 is 0 Å². The highest BCUT2D eigenvalue weighted by atomic mass is 16.5. The summed E-state index contributed by atoms with van der Waals surface area (Å²) in [4.78, 5) is 55.0. The highest BCUT2D eigenvalue weighted by Crippen LogP contribution is 2.11. The number of fused-ring (bicyclic) bond motifs is 1. The first-order valence-corrected chi connectivity index (χ1v) is 9.58. The van der Waals surface area contributed by atoms with E-state index in [0.717, 1.165) is 6.92 Å². The lowest BCUT2D eigenvalue weighted by Gasteiger charge is -2.15. The van der Waals surface area contributed by atoms with Crippen molar-refractivity contribution >= 4 is 40.3 Å². The molecule has 1 unspecified atom stereocenters. The Morgan fingerprint density at radius 1 is 0.968 bits per heavy atom. The summed E-state index contributed by atoms with van der Waals surface area (Å²) in [7, 11) is 0. The number of hydrogen-bond donors (Lipinski definition) is 3. The fraction of sp³-hybridized carbons (Fsp3) is 0.318.